The number of thiazole rings is 1. The van der Waals surface area contributed by atoms with E-state index in [1.54, 1.807) is 24.3 Å². The zero-order valence-electron chi connectivity index (χ0n) is 20.7. The lowest BCUT2D eigenvalue weighted by Gasteiger charge is -2.22. The van der Waals surface area contributed by atoms with E-state index in [4.69, 9.17) is 5.90 Å². The summed E-state index contributed by atoms with van der Waals surface area (Å²) in [4.78, 5) is 18.4. The van der Waals surface area contributed by atoms with E-state index in [-0.39, 0.29) is 10.8 Å². The van der Waals surface area contributed by atoms with Gasteiger partial charge in [0.2, 0.25) is 5.91 Å². The number of rotatable bonds is 11. The number of benzene rings is 3. The number of carbonyl (C=O) groups is 1. The highest BCUT2D eigenvalue weighted by molar-refractivity contribution is 7.86. The molecule has 10 heteroatoms. The van der Waals surface area contributed by atoms with E-state index in [0.29, 0.717) is 18.4 Å². The maximum atomic E-state index is 14.1. The van der Waals surface area contributed by atoms with Crippen LogP contribution in [0.15, 0.2) is 89.1 Å². The van der Waals surface area contributed by atoms with Crippen LogP contribution in [0.5, 0.6) is 0 Å². The fraction of sp³-hybridized carbons (Fsp3) is 0.214. The summed E-state index contributed by atoms with van der Waals surface area (Å²) in [5, 5.41) is 5.82. The van der Waals surface area contributed by atoms with Crippen LogP contribution in [0.25, 0.3) is 0 Å². The van der Waals surface area contributed by atoms with Crippen molar-refractivity contribution in [1.29, 1.82) is 0 Å². The molecule has 0 aliphatic rings. The minimum absolute atomic E-state index is 0.0686. The monoisotopic (exact) mass is 553 g/mol. The van der Waals surface area contributed by atoms with Gasteiger partial charge < -0.3 is 5.32 Å². The molecule has 0 fully saturated rings. The molecular weight excluding hydrogens is 525 g/mol. The average molecular weight is 554 g/mol. The van der Waals surface area contributed by atoms with Crippen LogP contribution in [0.4, 0.5) is 4.39 Å². The molecule has 0 bridgehead atoms. The van der Waals surface area contributed by atoms with E-state index in [2.05, 4.69) is 14.6 Å². The van der Waals surface area contributed by atoms with Gasteiger partial charge in [0.25, 0.3) is 0 Å². The fourth-order valence-electron chi connectivity index (χ4n) is 4.14. The van der Waals surface area contributed by atoms with Gasteiger partial charge in [0, 0.05) is 5.38 Å². The zero-order chi connectivity index (χ0) is 27.1. The fourth-order valence-corrected chi connectivity index (χ4v) is 5.67. The van der Waals surface area contributed by atoms with Crippen LogP contribution in [0, 0.1) is 5.82 Å². The van der Waals surface area contributed by atoms with Gasteiger partial charge in [-0.1, -0.05) is 61.5 Å². The quantitative estimate of drug-likeness (QED) is 0.257. The molecule has 0 spiro atoms. The molecule has 0 radical (unpaired) electrons. The van der Waals surface area contributed by atoms with Gasteiger partial charge in [0.15, 0.2) is 0 Å². The van der Waals surface area contributed by atoms with E-state index < -0.39 is 27.9 Å². The Morgan fingerprint density at radius 2 is 1.74 bits per heavy atom. The Bertz CT molecular complexity index is 1480. The molecule has 0 saturated carbocycles. The second-order valence-corrected chi connectivity index (χ2v) is 11.2. The van der Waals surface area contributed by atoms with E-state index >= 15 is 0 Å². The van der Waals surface area contributed by atoms with Crippen LogP contribution in [0.2, 0.25) is 0 Å². The van der Waals surface area contributed by atoms with Crippen molar-refractivity contribution >= 4 is 27.4 Å². The number of carbonyl (C=O) groups excluding carboxylic acids is 1. The highest BCUT2D eigenvalue weighted by Crippen LogP contribution is 2.27. The van der Waals surface area contributed by atoms with Gasteiger partial charge in [-0.05, 0) is 60.2 Å². The molecule has 1 aromatic heterocycles. The second kappa shape index (κ2) is 12.4. The first-order valence-electron chi connectivity index (χ1n) is 12.1. The van der Waals surface area contributed by atoms with Crippen molar-refractivity contribution in [2.24, 2.45) is 5.90 Å². The van der Waals surface area contributed by atoms with Gasteiger partial charge in [-0.25, -0.2) is 9.37 Å². The van der Waals surface area contributed by atoms with Crippen LogP contribution in [0.1, 0.15) is 46.3 Å². The van der Waals surface area contributed by atoms with Gasteiger partial charge in [-0.3, -0.25) is 4.79 Å². The lowest BCUT2D eigenvalue weighted by molar-refractivity contribution is -0.123. The van der Waals surface area contributed by atoms with Crippen LogP contribution in [-0.4, -0.2) is 19.3 Å². The van der Waals surface area contributed by atoms with Crippen molar-refractivity contribution < 1.29 is 21.9 Å². The highest BCUT2D eigenvalue weighted by atomic mass is 32.2. The molecule has 1 heterocycles. The summed E-state index contributed by atoms with van der Waals surface area (Å²) in [6.07, 6.45) is 1.52. The second-order valence-electron chi connectivity index (χ2n) is 8.79. The number of nitrogens with zero attached hydrogens (tertiary/aromatic N) is 1. The number of hydrogen-bond acceptors (Lipinski definition) is 7. The standard InChI is InChI=1S/C28H28FN3O4S2/c1-2-23-18-37-28(31-23)26(16-20-11-13-24(14-12-20)38(34,35)36-30)32-27(33)25(15-19-7-4-3-5-8-19)21-9-6-10-22(29)17-21/h3-14,17-18,25-26H,2,15-16,30H2,1H3,(H,32,33)/t25-,26-/m0/s1. The van der Waals surface area contributed by atoms with Crippen LogP contribution in [0.3, 0.4) is 0 Å². The van der Waals surface area contributed by atoms with E-state index in [1.807, 2.05) is 42.6 Å². The first-order valence-corrected chi connectivity index (χ1v) is 14.3. The molecule has 0 aliphatic heterocycles. The van der Waals surface area contributed by atoms with Gasteiger partial charge in [0.05, 0.1) is 22.5 Å². The predicted octanol–water partition coefficient (Wildman–Crippen LogP) is 4.85. The van der Waals surface area contributed by atoms with Crippen molar-refractivity contribution in [2.75, 3.05) is 0 Å². The largest absolute Gasteiger partial charge is 0.346 e. The molecule has 1 amide bonds. The molecule has 2 atom stereocenters. The maximum absolute atomic E-state index is 14.1. The summed E-state index contributed by atoms with van der Waals surface area (Å²) < 4.78 is 42.0. The molecule has 7 nitrogen and oxygen atoms in total. The minimum atomic E-state index is -4.02. The van der Waals surface area contributed by atoms with E-state index in [9.17, 15) is 17.6 Å². The zero-order valence-corrected chi connectivity index (χ0v) is 22.3. The number of aryl methyl sites for hydroxylation is 1. The summed E-state index contributed by atoms with van der Waals surface area (Å²) >= 11 is 1.45. The topological polar surface area (TPSA) is 111 Å². The Labute approximate surface area is 225 Å². The first-order chi connectivity index (χ1) is 18.3. The first kappa shape index (κ1) is 27.6. The highest BCUT2D eigenvalue weighted by Gasteiger charge is 2.26. The number of amides is 1. The van der Waals surface area contributed by atoms with Crippen LogP contribution < -0.4 is 11.2 Å². The van der Waals surface area contributed by atoms with Crippen molar-refractivity contribution in [3.05, 3.63) is 117 Å². The third-order valence-corrected chi connectivity index (χ3v) is 8.29. The molecule has 0 unspecified atom stereocenters. The summed E-state index contributed by atoms with van der Waals surface area (Å²) in [7, 11) is -4.02. The SMILES string of the molecule is CCc1csc([C@H](Cc2ccc(S(=O)(=O)ON)cc2)NC(=O)[C@@H](Cc2ccccc2)c2cccc(F)c2)n1. The molecule has 4 rings (SSSR count). The Kier molecular flexibility index (Phi) is 9.01. The number of nitrogens with two attached hydrogens (primary N) is 1. The third kappa shape index (κ3) is 6.90. The molecule has 4 aromatic rings. The van der Waals surface area contributed by atoms with Crippen molar-refractivity contribution in [3.63, 3.8) is 0 Å². The Morgan fingerprint density at radius 3 is 2.37 bits per heavy atom. The van der Waals surface area contributed by atoms with Gasteiger partial charge in [-0.2, -0.15) is 18.6 Å². The Morgan fingerprint density at radius 1 is 1.03 bits per heavy atom. The summed E-state index contributed by atoms with van der Waals surface area (Å²) in [6, 6.07) is 21.3. The molecule has 3 aromatic carbocycles. The molecule has 3 N–H and O–H groups in total. The van der Waals surface area contributed by atoms with Crippen molar-refractivity contribution in [1.82, 2.24) is 10.3 Å². The van der Waals surface area contributed by atoms with Crippen molar-refractivity contribution in [2.45, 2.75) is 43.0 Å². The molecular formula is C28H28FN3O4S2. The van der Waals surface area contributed by atoms with Crippen LogP contribution in [-0.2, 0) is 38.5 Å². The number of halogens is 1. The molecule has 0 aliphatic carbocycles. The lowest BCUT2D eigenvalue weighted by atomic mass is 9.90. The van der Waals surface area contributed by atoms with E-state index in [1.165, 1.54) is 35.6 Å². The maximum Gasteiger partial charge on any atom is 0.312 e. The summed E-state index contributed by atoms with van der Waals surface area (Å²) in [6.45, 7) is 2.00. The Balaban J connectivity index is 1.63. The third-order valence-electron chi connectivity index (χ3n) is 6.18. The Hall–Kier alpha value is -3.44. The van der Waals surface area contributed by atoms with Gasteiger partial charge in [-0.15, -0.1) is 11.3 Å². The molecule has 38 heavy (non-hydrogen) atoms. The summed E-state index contributed by atoms with van der Waals surface area (Å²) in [5.74, 6) is 3.58. The number of nitrogens with one attached hydrogen (secondary N) is 1. The lowest BCUT2D eigenvalue weighted by Crippen LogP contribution is -2.35. The number of hydrogen-bond donors (Lipinski definition) is 2. The molecule has 198 valence electrons. The minimum Gasteiger partial charge on any atom is -0.346 e. The predicted molar refractivity (Wildman–Crippen MR) is 144 cm³/mol. The van der Waals surface area contributed by atoms with Crippen LogP contribution >= 0.6 is 11.3 Å². The molecule has 0 saturated heterocycles. The average Bonchev–Trinajstić information content (AvgIpc) is 3.42. The van der Waals surface area contributed by atoms with E-state index in [0.717, 1.165) is 28.2 Å². The smallest absolute Gasteiger partial charge is 0.312 e. The summed E-state index contributed by atoms with van der Waals surface area (Å²) in [5.41, 5.74) is 3.23. The van der Waals surface area contributed by atoms with Gasteiger partial charge in [0.1, 0.15) is 10.8 Å². The van der Waals surface area contributed by atoms with Gasteiger partial charge >= 0.3 is 10.1 Å². The normalized spacial score (nSPS) is 13.1. The number of aromatic nitrogens is 1. The van der Waals surface area contributed by atoms with Crippen molar-refractivity contribution in [3.8, 4) is 0 Å².